The van der Waals surface area contributed by atoms with Gasteiger partial charge in [0, 0.05) is 10.7 Å². The third kappa shape index (κ3) is 6.65. The number of hydrogen-bond acceptors (Lipinski definition) is 6. The summed E-state index contributed by atoms with van der Waals surface area (Å²) in [6.45, 7) is 4.33. The summed E-state index contributed by atoms with van der Waals surface area (Å²) in [4.78, 5) is 33.0. The van der Waals surface area contributed by atoms with Crippen LogP contribution in [0.4, 0.5) is 5.69 Å². The van der Waals surface area contributed by atoms with Crippen molar-refractivity contribution in [2.75, 3.05) is 11.9 Å². The average molecular weight is 671 g/mol. The zero-order valence-corrected chi connectivity index (χ0v) is 27.3. The lowest BCUT2D eigenvalue weighted by atomic mass is 9.95. The zero-order chi connectivity index (χ0) is 32.2. The number of amides is 1. The second kappa shape index (κ2) is 13.8. The van der Waals surface area contributed by atoms with Crippen molar-refractivity contribution in [3.05, 3.63) is 155 Å². The quantitative estimate of drug-likeness (QED) is 0.181. The van der Waals surface area contributed by atoms with Crippen LogP contribution in [-0.4, -0.2) is 17.1 Å². The number of aromatic nitrogens is 1. The van der Waals surface area contributed by atoms with Crippen LogP contribution in [0.15, 0.2) is 118 Å². The first-order valence-corrected chi connectivity index (χ1v) is 16.2. The van der Waals surface area contributed by atoms with E-state index >= 15 is 0 Å². The summed E-state index contributed by atoms with van der Waals surface area (Å²) in [5.41, 5.74) is 3.70. The molecule has 2 heterocycles. The molecule has 0 saturated heterocycles. The van der Waals surface area contributed by atoms with E-state index in [1.807, 2.05) is 79.7 Å². The highest BCUT2D eigenvalue weighted by Gasteiger charge is 2.32. The number of nitrogens with zero attached hydrogens (tertiary/aromatic N) is 2. The molecule has 0 fully saturated rings. The largest absolute Gasteiger partial charge is 0.490 e. The van der Waals surface area contributed by atoms with Crippen molar-refractivity contribution < 1.29 is 14.3 Å². The third-order valence-corrected chi connectivity index (χ3v) is 8.85. The Morgan fingerprint density at radius 2 is 1.67 bits per heavy atom. The molecule has 0 radical (unpaired) electrons. The number of ether oxygens (including phenoxy) is 2. The molecule has 0 unspecified atom stereocenters. The minimum absolute atomic E-state index is 0.271. The third-order valence-electron chi connectivity index (χ3n) is 7.34. The topological polar surface area (TPSA) is 81.9 Å². The zero-order valence-electron chi connectivity index (χ0n) is 25.0. The summed E-state index contributed by atoms with van der Waals surface area (Å²) >= 11 is 14.0. The molecule has 1 amide bonds. The van der Waals surface area contributed by atoms with Crippen LogP contribution in [0.3, 0.4) is 0 Å². The molecular formula is C36H29Cl2N3O4S. The standard InChI is InChI=1S/C36H29Cl2N3O4S/c1-3-44-29-19-24(18-28(38)33(29)45-21-23-14-16-26(37)17-15-23)20-30-35(43)41-32(25-10-6-4-7-11-25)31(22(2)39-36(41)46-30)34(42)40-27-12-8-5-9-13-27/h4-20,32H,3,21H2,1-2H3,(H,40,42)/b30-20-/t32-/m0/s1. The van der Waals surface area contributed by atoms with Crippen LogP contribution >= 0.6 is 34.5 Å². The fourth-order valence-electron chi connectivity index (χ4n) is 5.24. The lowest BCUT2D eigenvalue weighted by Crippen LogP contribution is -2.40. The predicted molar refractivity (Wildman–Crippen MR) is 184 cm³/mol. The van der Waals surface area contributed by atoms with Gasteiger partial charge in [0.05, 0.1) is 33.5 Å². The lowest BCUT2D eigenvalue weighted by Gasteiger charge is -2.25. The lowest BCUT2D eigenvalue weighted by molar-refractivity contribution is -0.113. The number of fused-ring (bicyclic) bond motifs is 1. The molecule has 0 bridgehead atoms. The van der Waals surface area contributed by atoms with Crippen molar-refractivity contribution in [3.63, 3.8) is 0 Å². The van der Waals surface area contributed by atoms with Crippen LogP contribution in [0.5, 0.6) is 11.5 Å². The van der Waals surface area contributed by atoms with Crippen molar-refractivity contribution in [2.24, 2.45) is 4.99 Å². The Morgan fingerprint density at radius 1 is 0.978 bits per heavy atom. The molecule has 5 aromatic rings. The van der Waals surface area contributed by atoms with E-state index in [2.05, 4.69) is 5.32 Å². The second-order valence-electron chi connectivity index (χ2n) is 10.5. The van der Waals surface area contributed by atoms with Gasteiger partial charge < -0.3 is 14.8 Å². The molecule has 4 aromatic carbocycles. The average Bonchev–Trinajstić information content (AvgIpc) is 3.35. The van der Waals surface area contributed by atoms with Gasteiger partial charge in [-0.25, -0.2) is 4.99 Å². The van der Waals surface area contributed by atoms with E-state index in [0.29, 0.717) is 60.0 Å². The second-order valence-corrected chi connectivity index (χ2v) is 12.3. The molecule has 7 nitrogen and oxygen atoms in total. The van der Waals surface area contributed by atoms with Crippen LogP contribution in [0.25, 0.3) is 6.08 Å². The van der Waals surface area contributed by atoms with E-state index in [-0.39, 0.29) is 18.1 Å². The van der Waals surface area contributed by atoms with E-state index in [0.717, 1.165) is 11.1 Å². The Balaban J connectivity index is 1.39. The first-order chi connectivity index (χ1) is 22.3. The molecule has 10 heteroatoms. The molecule has 1 aliphatic rings. The van der Waals surface area contributed by atoms with Gasteiger partial charge >= 0.3 is 0 Å². The number of rotatable bonds is 9. The van der Waals surface area contributed by atoms with Crippen LogP contribution < -0.4 is 29.7 Å². The van der Waals surface area contributed by atoms with E-state index in [9.17, 15) is 9.59 Å². The number of halogens is 2. The fourth-order valence-corrected chi connectivity index (χ4v) is 6.69. The van der Waals surface area contributed by atoms with E-state index < -0.39 is 6.04 Å². The monoisotopic (exact) mass is 669 g/mol. The molecule has 1 N–H and O–H groups in total. The number of nitrogens with one attached hydrogen (secondary N) is 1. The van der Waals surface area contributed by atoms with Crippen molar-refractivity contribution >= 4 is 52.2 Å². The summed E-state index contributed by atoms with van der Waals surface area (Å²) < 4.78 is 14.0. The van der Waals surface area contributed by atoms with E-state index in [1.165, 1.54) is 11.3 Å². The SMILES string of the molecule is CCOc1cc(/C=c2\sc3n(c2=O)[C@@H](c2ccccc2)C(C(=O)Nc2ccccc2)=C(C)N=3)cc(Cl)c1OCc1ccc(Cl)cc1. The van der Waals surface area contributed by atoms with Crippen molar-refractivity contribution in [1.82, 2.24) is 4.57 Å². The van der Waals surface area contributed by atoms with Gasteiger partial charge in [0.1, 0.15) is 6.61 Å². The summed E-state index contributed by atoms with van der Waals surface area (Å²) in [5.74, 6) is 0.546. The van der Waals surface area contributed by atoms with Crippen molar-refractivity contribution in [1.29, 1.82) is 0 Å². The summed E-state index contributed by atoms with van der Waals surface area (Å²) in [5, 5.41) is 3.95. The van der Waals surface area contributed by atoms with Gasteiger partial charge in [-0.1, -0.05) is 95.2 Å². The van der Waals surface area contributed by atoms with Crippen LogP contribution in [-0.2, 0) is 11.4 Å². The van der Waals surface area contributed by atoms with E-state index in [1.54, 1.807) is 41.8 Å². The maximum absolute atomic E-state index is 14.1. The van der Waals surface area contributed by atoms with Gasteiger partial charge in [-0.15, -0.1) is 0 Å². The number of benzene rings is 4. The van der Waals surface area contributed by atoms with E-state index in [4.69, 9.17) is 37.7 Å². The van der Waals surface area contributed by atoms with Crippen molar-refractivity contribution in [2.45, 2.75) is 26.5 Å². The maximum atomic E-state index is 14.1. The van der Waals surface area contributed by atoms with Crippen LogP contribution in [0.1, 0.15) is 36.6 Å². The Morgan fingerprint density at radius 3 is 2.37 bits per heavy atom. The summed E-state index contributed by atoms with van der Waals surface area (Å²) in [7, 11) is 0. The van der Waals surface area contributed by atoms with Gasteiger partial charge in [-0.3, -0.25) is 14.2 Å². The minimum atomic E-state index is -0.672. The highest BCUT2D eigenvalue weighted by atomic mass is 35.5. The Hall–Kier alpha value is -4.63. The Bertz CT molecular complexity index is 2110. The number of anilines is 1. The minimum Gasteiger partial charge on any atom is -0.490 e. The predicted octanol–water partition coefficient (Wildman–Crippen LogP) is 7.16. The molecule has 1 aliphatic heterocycles. The van der Waals surface area contributed by atoms with Gasteiger partial charge in [0.25, 0.3) is 11.5 Å². The van der Waals surface area contributed by atoms with Crippen LogP contribution in [0.2, 0.25) is 10.0 Å². The normalized spacial score (nSPS) is 14.4. The molecule has 1 aromatic heterocycles. The molecule has 6 rings (SSSR count). The number of thiazole rings is 1. The smallest absolute Gasteiger partial charge is 0.271 e. The molecule has 46 heavy (non-hydrogen) atoms. The number of allylic oxidation sites excluding steroid dienone is 1. The highest BCUT2D eigenvalue weighted by molar-refractivity contribution is 7.07. The number of hydrogen-bond donors (Lipinski definition) is 1. The summed E-state index contributed by atoms with van der Waals surface area (Å²) in [6.07, 6.45) is 1.76. The van der Waals surface area contributed by atoms with Gasteiger partial charge in [-0.2, -0.15) is 0 Å². The molecule has 232 valence electrons. The fraction of sp³-hybridized carbons (Fsp3) is 0.139. The number of carbonyl (C=O) groups is 1. The Kier molecular flexibility index (Phi) is 9.40. The van der Waals surface area contributed by atoms with Gasteiger partial charge in [0.15, 0.2) is 16.3 Å². The van der Waals surface area contributed by atoms with Crippen molar-refractivity contribution in [3.8, 4) is 11.5 Å². The van der Waals surface area contributed by atoms with Gasteiger partial charge in [-0.05, 0) is 73.0 Å². The van der Waals surface area contributed by atoms with Crippen LogP contribution in [0, 0.1) is 0 Å². The number of para-hydroxylation sites is 1. The molecule has 0 aliphatic carbocycles. The highest BCUT2D eigenvalue weighted by Crippen LogP contribution is 2.38. The molecule has 1 atom stereocenters. The molecular weight excluding hydrogens is 641 g/mol. The molecule has 0 spiro atoms. The first-order valence-electron chi connectivity index (χ1n) is 14.6. The summed E-state index contributed by atoms with van der Waals surface area (Å²) in [6, 6.07) is 28.9. The first kappa shape index (κ1) is 31.4. The number of carbonyl (C=O) groups excluding carboxylic acids is 1. The van der Waals surface area contributed by atoms with Gasteiger partial charge in [0.2, 0.25) is 0 Å². The maximum Gasteiger partial charge on any atom is 0.271 e. The molecule has 0 saturated carbocycles. The Labute approximate surface area is 279 Å².